The van der Waals surface area contributed by atoms with Gasteiger partial charge in [-0.1, -0.05) is 6.92 Å². The Morgan fingerprint density at radius 3 is 2.11 bits per heavy atom. The molecular weight excluding hydrogens is 137 g/mol. The van der Waals surface area contributed by atoms with Crippen molar-refractivity contribution < 1.29 is 22.7 Å². The van der Waals surface area contributed by atoms with Crippen LogP contribution in [0.5, 0.6) is 0 Å². The minimum atomic E-state index is -4.83. The zero-order valence-electron chi connectivity index (χ0n) is 4.66. The van der Waals surface area contributed by atoms with Crippen LogP contribution in [0.1, 0.15) is 13.3 Å². The van der Waals surface area contributed by atoms with Crippen molar-refractivity contribution in [2.75, 3.05) is 0 Å². The highest BCUT2D eigenvalue weighted by Gasteiger charge is 2.32. The van der Waals surface area contributed by atoms with Gasteiger partial charge >= 0.3 is 12.3 Å². The van der Waals surface area contributed by atoms with Crippen molar-refractivity contribution >= 4 is 5.97 Å². The molecule has 0 rings (SSSR count). The highest BCUT2D eigenvalue weighted by molar-refractivity contribution is 5.68. The fourth-order valence-electron chi connectivity index (χ4n) is 0.201. The highest BCUT2D eigenvalue weighted by atomic mass is 19.4. The number of carbonyl (C=O) groups is 1. The number of carbonyl (C=O) groups excluding carboxylic acids is 1. The van der Waals surface area contributed by atoms with E-state index in [1.807, 2.05) is 0 Å². The minimum absolute atomic E-state index is 0.264. The fourth-order valence-corrected chi connectivity index (χ4v) is 0.201. The number of halogens is 3. The molecule has 9 heavy (non-hydrogen) atoms. The molecule has 0 spiro atoms. The number of rotatable bonds is 1. The van der Waals surface area contributed by atoms with Gasteiger partial charge in [-0.15, -0.1) is 13.2 Å². The molecule has 0 aromatic rings. The summed E-state index contributed by atoms with van der Waals surface area (Å²) in [4.78, 5) is 9.89. The van der Waals surface area contributed by atoms with Crippen LogP contribution in [0.3, 0.4) is 0 Å². The molecule has 0 saturated heterocycles. The molecule has 0 atom stereocenters. The summed E-state index contributed by atoms with van der Waals surface area (Å²) >= 11 is 0. The van der Waals surface area contributed by atoms with E-state index in [2.05, 4.69) is 4.74 Å². The molecule has 0 unspecified atom stereocenters. The van der Waals surface area contributed by atoms with Crippen LogP contribution in [0.15, 0.2) is 0 Å². The van der Waals surface area contributed by atoms with Crippen LogP contribution < -0.4 is 0 Å². The van der Waals surface area contributed by atoms with Gasteiger partial charge in [-0.25, -0.2) is 0 Å². The van der Waals surface area contributed by atoms with Gasteiger partial charge in [0.2, 0.25) is 0 Å². The fraction of sp³-hybridized carbons (Fsp3) is 0.750. The molecule has 2 nitrogen and oxygen atoms in total. The van der Waals surface area contributed by atoms with Gasteiger partial charge in [0.25, 0.3) is 0 Å². The van der Waals surface area contributed by atoms with E-state index in [1.54, 1.807) is 0 Å². The van der Waals surface area contributed by atoms with E-state index < -0.39 is 12.3 Å². The second-order valence-electron chi connectivity index (χ2n) is 1.27. The maximum absolute atomic E-state index is 11.0. The van der Waals surface area contributed by atoms with Gasteiger partial charge in [-0.05, 0) is 0 Å². The molecule has 54 valence electrons. The molecule has 0 amide bonds. The molecule has 0 aromatic carbocycles. The van der Waals surface area contributed by atoms with Gasteiger partial charge in [0, 0.05) is 6.42 Å². The van der Waals surface area contributed by atoms with Crippen molar-refractivity contribution in [2.24, 2.45) is 0 Å². The third kappa shape index (κ3) is 5.13. The maximum Gasteiger partial charge on any atom is 0.575 e. The molecule has 0 radical (unpaired) electrons. The Kier molecular flexibility index (Phi) is 2.48. The normalized spacial score (nSPS) is 11.1. The Labute approximate surface area is 49.6 Å². The molecule has 0 aliphatic rings. The molecule has 0 fully saturated rings. The van der Waals surface area contributed by atoms with Crippen LogP contribution in [-0.2, 0) is 9.53 Å². The lowest BCUT2D eigenvalue weighted by atomic mass is 10.5. The minimum Gasteiger partial charge on any atom is -0.373 e. The predicted octanol–water partition coefficient (Wildman–Crippen LogP) is 1.46. The SMILES string of the molecule is CCC(=O)OC(F)(F)F. The summed E-state index contributed by atoms with van der Waals surface area (Å²) in [5.41, 5.74) is 0. The van der Waals surface area contributed by atoms with Crippen molar-refractivity contribution in [1.82, 2.24) is 0 Å². The molecule has 5 heteroatoms. The van der Waals surface area contributed by atoms with Gasteiger partial charge in [0.15, 0.2) is 0 Å². The van der Waals surface area contributed by atoms with E-state index in [9.17, 15) is 18.0 Å². The summed E-state index contributed by atoms with van der Waals surface area (Å²) in [7, 11) is 0. The third-order valence-electron chi connectivity index (χ3n) is 0.518. The Bertz CT molecular complexity index is 107. The molecule has 0 N–H and O–H groups in total. The summed E-state index contributed by atoms with van der Waals surface area (Å²) < 4.78 is 36.1. The summed E-state index contributed by atoms with van der Waals surface area (Å²) in [6, 6.07) is 0. The summed E-state index contributed by atoms with van der Waals surface area (Å²) in [6.45, 7) is 1.29. The Balaban J connectivity index is 3.60. The molecule has 0 heterocycles. The number of hydrogen-bond acceptors (Lipinski definition) is 2. The first-order valence-corrected chi connectivity index (χ1v) is 2.24. The van der Waals surface area contributed by atoms with E-state index in [0.717, 1.165) is 0 Å². The van der Waals surface area contributed by atoms with Crippen LogP contribution in [-0.4, -0.2) is 12.3 Å². The van der Waals surface area contributed by atoms with Crippen molar-refractivity contribution in [3.05, 3.63) is 0 Å². The first kappa shape index (κ1) is 8.26. The number of esters is 1. The van der Waals surface area contributed by atoms with Crippen LogP contribution >= 0.6 is 0 Å². The molecule has 0 saturated carbocycles. The van der Waals surface area contributed by atoms with Crippen LogP contribution in [0.2, 0.25) is 0 Å². The number of ether oxygens (including phenoxy) is 1. The molecule has 0 aromatic heterocycles. The van der Waals surface area contributed by atoms with Crippen LogP contribution in [0.4, 0.5) is 13.2 Å². The van der Waals surface area contributed by atoms with Crippen molar-refractivity contribution in [3.63, 3.8) is 0 Å². The smallest absolute Gasteiger partial charge is 0.373 e. The van der Waals surface area contributed by atoms with E-state index in [1.165, 1.54) is 6.92 Å². The maximum atomic E-state index is 11.0. The zero-order chi connectivity index (χ0) is 7.49. The highest BCUT2D eigenvalue weighted by Crippen LogP contribution is 2.16. The zero-order valence-corrected chi connectivity index (χ0v) is 4.66. The van der Waals surface area contributed by atoms with Gasteiger partial charge in [0.05, 0.1) is 0 Å². The number of hydrogen-bond donors (Lipinski definition) is 0. The first-order chi connectivity index (χ1) is 3.95. The van der Waals surface area contributed by atoms with E-state index in [4.69, 9.17) is 0 Å². The summed E-state index contributed by atoms with van der Waals surface area (Å²) in [5.74, 6) is -1.26. The van der Waals surface area contributed by atoms with Crippen LogP contribution in [0.25, 0.3) is 0 Å². The predicted molar refractivity (Wildman–Crippen MR) is 22.4 cm³/mol. The molecule has 0 aliphatic carbocycles. The number of alkyl halides is 3. The third-order valence-corrected chi connectivity index (χ3v) is 0.518. The van der Waals surface area contributed by atoms with Gasteiger partial charge in [-0.3, -0.25) is 4.79 Å². The van der Waals surface area contributed by atoms with E-state index in [-0.39, 0.29) is 6.42 Å². The Morgan fingerprint density at radius 1 is 1.56 bits per heavy atom. The van der Waals surface area contributed by atoms with Crippen molar-refractivity contribution in [3.8, 4) is 0 Å². The summed E-state index contributed by atoms with van der Waals surface area (Å²) in [6.07, 6.45) is -5.09. The second-order valence-corrected chi connectivity index (χ2v) is 1.27. The Hall–Kier alpha value is -0.740. The van der Waals surface area contributed by atoms with E-state index in [0.29, 0.717) is 0 Å². The first-order valence-electron chi connectivity index (χ1n) is 2.24. The molecule has 0 bridgehead atoms. The standard InChI is InChI=1S/C4H5F3O2/c1-2-3(8)9-4(5,6)7/h2H2,1H3. The largest absolute Gasteiger partial charge is 0.575 e. The molecular formula is C4H5F3O2. The lowest BCUT2D eigenvalue weighted by Gasteiger charge is -2.03. The van der Waals surface area contributed by atoms with Crippen molar-refractivity contribution in [1.29, 1.82) is 0 Å². The van der Waals surface area contributed by atoms with Gasteiger partial charge < -0.3 is 4.74 Å². The van der Waals surface area contributed by atoms with Gasteiger partial charge in [0.1, 0.15) is 0 Å². The monoisotopic (exact) mass is 142 g/mol. The quantitative estimate of drug-likeness (QED) is 0.518. The van der Waals surface area contributed by atoms with Gasteiger partial charge in [-0.2, -0.15) is 0 Å². The lowest BCUT2D eigenvalue weighted by Crippen LogP contribution is -2.18. The average Bonchev–Trinajstić information content (AvgIpc) is 1.62. The molecule has 0 aliphatic heterocycles. The lowest BCUT2D eigenvalue weighted by molar-refractivity contribution is -0.305. The van der Waals surface area contributed by atoms with Crippen LogP contribution in [0, 0.1) is 0 Å². The average molecular weight is 142 g/mol. The summed E-state index contributed by atoms with van der Waals surface area (Å²) in [5, 5.41) is 0. The van der Waals surface area contributed by atoms with E-state index >= 15 is 0 Å². The Morgan fingerprint density at radius 2 is 2.00 bits per heavy atom. The topological polar surface area (TPSA) is 26.3 Å². The second kappa shape index (κ2) is 2.70. The van der Waals surface area contributed by atoms with Crippen molar-refractivity contribution in [2.45, 2.75) is 19.7 Å².